The lowest BCUT2D eigenvalue weighted by Gasteiger charge is -2.17. The third kappa shape index (κ3) is 3.31. The van der Waals surface area contributed by atoms with E-state index in [2.05, 4.69) is 11.4 Å². The number of carbonyl (C=O) groups is 1. The minimum absolute atomic E-state index is 0.123. The van der Waals surface area contributed by atoms with Gasteiger partial charge in [-0.25, -0.2) is 0 Å². The Balaban J connectivity index is 1.81. The lowest BCUT2D eigenvalue weighted by atomic mass is 9.90. The molecule has 0 saturated carbocycles. The van der Waals surface area contributed by atoms with Crippen molar-refractivity contribution in [1.29, 1.82) is 0 Å². The number of benzene rings is 2. The quantitative estimate of drug-likeness (QED) is 0.933. The van der Waals surface area contributed by atoms with Crippen molar-refractivity contribution in [2.24, 2.45) is 0 Å². The van der Waals surface area contributed by atoms with Crippen LogP contribution in [-0.2, 0) is 12.8 Å². The summed E-state index contributed by atoms with van der Waals surface area (Å²) in [4.78, 5) is 12.5. The van der Waals surface area contributed by atoms with Crippen molar-refractivity contribution < 1.29 is 14.3 Å². The minimum Gasteiger partial charge on any atom is -0.497 e. The van der Waals surface area contributed by atoms with Gasteiger partial charge in [-0.1, -0.05) is 6.07 Å². The molecule has 0 saturated heterocycles. The van der Waals surface area contributed by atoms with Crippen LogP contribution in [0.1, 0.15) is 34.3 Å². The van der Waals surface area contributed by atoms with Crippen molar-refractivity contribution in [3.8, 4) is 11.5 Å². The Morgan fingerprint density at radius 3 is 2.48 bits per heavy atom. The van der Waals surface area contributed by atoms with Crippen LogP contribution in [0, 0.1) is 0 Å². The van der Waals surface area contributed by atoms with Gasteiger partial charge in [0.25, 0.3) is 5.91 Å². The molecule has 1 N–H and O–H groups in total. The Morgan fingerprint density at radius 1 is 0.957 bits per heavy atom. The maximum absolute atomic E-state index is 12.5. The first-order chi connectivity index (χ1) is 11.2. The Kier molecular flexibility index (Phi) is 4.51. The van der Waals surface area contributed by atoms with E-state index in [0.717, 1.165) is 12.8 Å². The molecule has 120 valence electrons. The fraction of sp³-hybridized carbons (Fsp3) is 0.316. The van der Waals surface area contributed by atoms with Crippen LogP contribution in [0.15, 0.2) is 36.4 Å². The molecule has 0 bridgehead atoms. The summed E-state index contributed by atoms with van der Waals surface area (Å²) in [5.41, 5.74) is 3.99. The molecule has 23 heavy (non-hydrogen) atoms. The van der Waals surface area contributed by atoms with E-state index in [9.17, 15) is 4.79 Å². The van der Waals surface area contributed by atoms with Crippen molar-refractivity contribution in [2.45, 2.75) is 25.7 Å². The maximum atomic E-state index is 12.5. The highest BCUT2D eigenvalue weighted by atomic mass is 16.5. The summed E-state index contributed by atoms with van der Waals surface area (Å²) in [5, 5.41) is 2.92. The predicted molar refractivity (Wildman–Crippen MR) is 90.6 cm³/mol. The van der Waals surface area contributed by atoms with Gasteiger partial charge in [0.1, 0.15) is 11.5 Å². The number of amides is 1. The van der Waals surface area contributed by atoms with Crippen LogP contribution in [-0.4, -0.2) is 20.1 Å². The van der Waals surface area contributed by atoms with Crippen LogP contribution in [0.2, 0.25) is 0 Å². The number of methoxy groups -OCH3 is 2. The normalized spacial score (nSPS) is 13.1. The number of hydrogen-bond donors (Lipinski definition) is 1. The van der Waals surface area contributed by atoms with E-state index >= 15 is 0 Å². The molecule has 2 aromatic carbocycles. The second kappa shape index (κ2) is 6.73. The second-order valence-electron chi connectivity index (χ2n) is 5.71. The van der Waals surface area contributed by atoms with Crippen LogP contribution in [0.3, 0.4) is 0 Å². The SMILES string of the molecule is COc1ccc(NC(=O)c2ccc3c(c2)CCCC3)c(OC)c1. The summed E-state index contributed by atoms with van der Waals surface area (Å²) in [6.07, 6.45) is 4.61. The number of rotatable bonds is 4. The largest absolute Gasteiger partial charge is 0.497 e. The van der Waals surface area contributed by atoms with Crippen LogP contribution in [0.4, 0.5) is 5.69 Å². The highest BCUT2D eigenvalue weighted by Crippen LogP contribution is 2.30. The van der Waals surface area contributed by atoms with Gasteiger partial charge in [0.05, 0.1) is 19.9 Å². The van der Waals surface area contributed by atoms with Crippen molar-refractivity contribution in [2.75, 3.05) is 19.5 Å². The van der Waals surface area contributed by atoms with Gasteiger partial charge in [0.2, 0.25) is 0 Å². The Bertz CT molecular complexity index is 725. The lowest BCUT2D eigenvalue weighted by Crippen LogP contribution is -2.14. The molecule has 3 rings (SSSR count). The zero-order valence-electron chi connectivity index (χ0n) is 13.5. The predicted octanol–water partition coefficient (Wildman–Crippen LogP) is 3.83. The van der Waals surface area contributed by atoms with E-state index < -0.39 is 0 Å². The molecule has 2 aromatic rings. The van der Waals surface area contributed by atoms with Gasteiger partial charge >= 0.3 is 0 Å². The van der Waals surface area contributed by atoms with E-state index in [1.54, 1.807) is 32.4 Å². The first-order valence-corrected chi connectivity index (χ1v) is 7.86. The molecule has 1 aliphatic rings. The van der Waals surface area contributed by atoms with Gasteiger partial charge < -0.3 is 14.8 Å². The zero-order valence-corrected chi connectivity index (χ0v) is 13.5. The first kappa shape index (κ1) is 15.4. The zero-order chi connectivity index (χ0) is 16.2. The van der Waals surface area contributed by atoms with Crippen LogP contribution >= 0.6 is 0 Å². The molecule has 1 amide bonds. The number of fused-ring (bicyclic) bond motifs is 1. The first-order valence-electron chi connectivity index (χ1n) is 7.86. The van der Waals surface area contributed by atoms with Gasteiger partial charge in [-0.3, -0.25) is 4.79 Å². The number of anilines is 1. The molecule has 0 fully saturated rings. The molecule has 4 heteroatoms. The standard InChI is InChI=1S/C19H21NO3/c1-22-16-9-10-17(18(12-16)23-2)20-19(21)15-8-7-13-5-3-4-6-14(13)11-15/h7-12H,3-6H2,1-2H3,(H,20,21). The van der Waals surface area contributed by atoms with E-state index in [1.807, 2.05) is 12.1 Å². The molecule has 0 aromatic heterocycles. The molecular weight excluding hydrogens is 290 g/mol. The number of ether oxygens (including phenoxy) is 2. The second-order valence-corrected chi connectivity index (χ2v) is 5.71. The van der Waals surface area contributed by atoms with Crippen LogP contribution in [0.25, 0.3) is 0 Å². The lowest BCUT2D eigenvalue weighted by molar-refractivity contribution is 0.102. The topological polar surface area (TPSA) is 47.6 Å². The Labute approximate surface area is 136 Å². The summed E-state index contributed by atoms with van der Waals surface area (Å²) in [7, 11) is 3.17. The third-order valence-corrected chi connectivity index (χ3v) is 4.27. The van der Waals surface area contributed by atoms with Crippen molar-refractivity contribution in [3.63, 3.8) is 0 Å². The summed E-state index contributed by atoms with van der Waals surface area (Å²) in [6, 6.07) is 11.3. The van der Waals surface area contributed by atoms with Crippen molar-refractivity contribution in [3.05, 3.63) is 53.1 Å². The number of hydrogen-bond acceptors (Lipinski definition) is 3. The van der Waals surface area contributed by atoms with Gasteiger partial charge in [0.15, 0.2) is 0 Å². The Hall–Kier alpha value is -2.49. The third-order valence-electron chi connectivity index (χ3n) is 4.27. The fourth-order valence-corrected chi connectivity index (χ4v) is 2.97. The van der Waals surface area contributed by atoms with E-state index in [-0.39, 0.29) is 5.91 Å². The smallest absolute Gasteiger partial charge is 0.255 e. The minimum atomic E-state index is -0.123. The molecule has 4 nitrogen and oxygen atoms in total. The molecule has 0 unspecified atom stereocenters. The van der Waals surface area contributed by atoms with Gasteiger partial charge in [0, 0.05) is 11.6 Å². The summed E-state index contributed by atoms with van der Waals surface area (Å²) >= 11 is 0. The summed E-state index contributed by atoms with van der Waals surface area (Å²) in [6.45, 7) is 0. The number of aryl methyl sites for hydroxylation is 2. The molecule has 0 spiro atoms. The molecular formula is C19H21NO3. The van der Waals surface area contributed by atoms with Gasteiger partial charge in [-0.2, -0.15) is 0 Å². The number of carbonyl (C=O) groups excluding carboxylic acids is 1. The van der Waals surface area contributed by atoms with Gasteiger partial charge in [-0.15, -0.1) is 0 Å². The maximum Gasteiger partial charge on any atom is 0.255 e. The van der Waals surface area contributed by atoms with Gasteiger partial charge in [-0.05, 0) is 61.1 Å². The fourth-order valence-electron chi connectivity index (χ4n) is 2.97. The summed E-state index contributed by atoms with van der Waals surface area (Å²) < 4.78 is 10.5. The highest BCUT2D eigenvalue weighted by Gasteiger charge is 2.14. The average molecular weight is 311 g/mol. The average Bonchev–Trinajstić information content (AvgIpc) is 2.61. The van der Waals surface area contributed by atoms with E-state index in [0.29, 0.717) is 22.7 Å². The van der Waals surface area contributed by atoms with Crippen LogP contribution in [0.5, 0.6) is 11.5 Å². The highest BCUT2D eigenvalue weighted by molar-refractivity contribution is 6.05. The molecule has 1 aliphatic carbocycles. The molecule has 0 atom stereocenters. The monoisotopic (exact) mass is 311 g/mol. The summed E-state index contributed by atoms with van der Waals surface area (Å²) in [5.74, 6) is 1.14. The number of nitrogens with one attached hydrogen (secondary N) is 1. The Morgan fingerprint density at radius 2 is 1.74 bits per heavy atom. The molecule has 0 aliphatic heterocycles. The van der Waals surface area contributed by atoms with Crippen molar-refractivity contribution in [1.82, 2.24) is 0 Å². The van der Waals surface area contributed by atoms with Crippen LogP contribution < -0.4 is 14.8 Å². The van der Waals surface area contributed by atoms with E-state index in [1.165, 1.54) is 24.0 Å². The molecule has 0 radical (unpaired) electrons. The molecule has 0 heterocycles. The van der Waals surface area contributed by atoms with E-state index in [4.69, 9.17) is 9.47 Å². The van der Waals surface area contributed by atoms with Crippen molar-refractivity contribution >= 4 is 11.6 Å².